The number of nitrogens with zero attached hydrogens (tertiary/aromatic N) is 1. The molecule has 0 aromatic carbocycles. The summed E-state index contributed by atoms with van der Waals surface area (Å²) >= 11 is 1.14. The number of thiophene rings is 1. The van der Waals surface area contributed by atoms with Crippen LogP contribution in [-0.2, 0) is 16.6 Å². The third-order valence-electron chi connectivity index (χ3n) is 3.77. The average molecular weight is 354 g/mol. The molecule has 1 aliphatic heterocycles. The Hall–Kier alpha value is -1.64. The van der Waals surface area contributed by atoms with Crippen molar-refractivity contribution in [3.63, 3.8) is 0 Å². The van der Waals surface area contributed by atoms with Gasteiger partial charge in [0.05, 0.1) is 12.8 Å². The van der Waals surface area contributed by atoms with Gasteiger partial charge in [-0.05, 0) is 36.4 Å². The Balaban J connectivity index is 1.77. The molecule has 0 radical (unpaired) electrons. The van der Waals surface area contributed by atoms with Crippen LogP contribution in [0.1, 0.15) is 34.7 Å². The van der Waals surface area contributed by atoms with Crippen molar-refractivity contribution < 1.29 is 17.6 Å². The van der Waals surface area contributed by atoms with Gasteiger partial charge in [0.2, 0.25) is 10.0 Å². The lowest BCUT2D eigenvalue weighted by atomic mass is 10.2. The first-order valence-corrected chi connectivity index (χ1v) is 9.79. The van der Waals surface area contributed by atoms with Gasteiger partial charge in [0.25, 0.3) is 5.91 Å². The minimum Gasteiger partial charge on any atom is -0.467 e. The average Bonchev–Trinajstić information content (AvgIpc) is 3.25. The van der Waals surface area contributed by atoms with Crippen LogP contribution in [0.15, 0.2) is 39.2 Å². The van der Waals surface area contributed by atoms with Crippen LogP contribution in [0, 0.1) is 0 Å². The van der Waals surface area contributed by atoms with E-state index < -0.39 is 15.9 Å². The van der Waals surface area contributed by atoms with Crippen LogP contribution in [0.4, 0.5) is 0 Å². The summed E-state index contributed by atoms with van der Waals surface area (Å²) in [5.74, 6) is 0.224. The van der Waals surface area contributed by atoms with E-state index in [1.54, 1.807) is 17.5 Å². The van der Waals surface area contributed by atoms with Crippen LogP contribution in [0.25, 0.3) is 0 Å². The Labute approximate surface area is 139 Å². The van der Waals surface area contributed by atoms with Gasteiger partial charge < -0.3 is 9.73 Å². The van der Waals surface area contributed by atoms with Crippen molar-refractivity contribution in [3.8, 4) is 0 Å². The molecule has 1 saturated heterocycles. The van der Waals surface area contributed by atoms with Gasteiger partial charge >= 0.3 is 0 Å². The van der Waals surface area contributed by atoms with Crippen molar-refractivity contribution in [3.05, 3.63) is 40.5 Å². The van der Waals surface area contributed by atoms with E-state index in [4.69, 9.17) is 4.42 Å². The lowest BCUT2D eigenvalue weighted by Crippen LogP contribution is -2.36. The quantitative estimate of drug-likeness (QED) is 0.894. The molecule has 8 heteroatoms. The van der Waals surface area contributed by atoms with Crippen LogP contribution in [0.5, 0.6) is 0 Å². The van der Waals surface area contributed by atoms with Crippen LogP contribution < -0.4 is 5.32 Å². The summed E-state index contributed by atoms with van der Waals surface area (Å²) in [5.41, 5.74) is 0. The molecule has 23 heavy (non-hydrogen) atoms. The standard InChI is InChI=1S/C15H18N2O4S2/c18-15(16-11-12-5-4-9-21-12)14-13(6-10-22-14)23(19,20)17-7-2-1-3-8-17/h4-6,9-10H,1-3,7-8,11H2,(H,16,18). The second-order valence-electron chi connectivity index (χ2n) is 5.34. The monoisotopic (exact) mass is 354 g/mol. The Kier molecular flexibility index (Phi) is 4.84. The van der Waals surface area contributed by atoms with E-state index in [2.05, 4.69) is 5.32 Å². The number of piperidine rings is 1. The maximum Gasteiger partial charge on any atom is 0.263 e. The predicted octanol–water partition coefficient (Wildman–Crippen LogP) is 2.45. The Morgan fingerprint density at radius 3 is 2.74 bits per heavy atom. The molecular formula is C15H18N2O4S2. The molecule has 0 aliphatic carbocycles. The zero-order chi connectivity index (χ0) is 16.3. The molecule has 0 saturated carbocycles. The van der Waals surface area contributed by atoms with Gasteiger partial charge in [-0.2, -0.15) is 4.31 Å². The van der Waals surface area contributed by atoms with E-state index >= 15 is 0 Å². The number of carbonyl (C=O) groups is 1. The maximum atomic E-state index is 12.7. The predicted molar refractivity (Wildman–Crippen MR) is 86.8 cm³/mol. The zero-order valence-electron chi connectivity index (χ0n) is 12.5. The van der Waals surface area contributed by atoms with Gasteiger partial charge in [0.1, 0.15) is 15.5 Å². The normalized spacial score (nSPS) is 16.3. The van der Waals surface area contributed by atoms with Crippen molar-refractivity contribution in [1.82, 2.24) is 9.62 Å². The first-order valence-electron chi connectivity index (χ1n) is 7.47. The maximum absolute atomic E-state index is 12.7. The van der Waals surface area contributed by atoms with Crippen molar-refractivity contribution in [1.29, 1.82) is 0 Å². The summed E-state index contributed by atoms with van der Waals surface area (Å²) in [6.45, 7) is 1.27. The SMILES string of the molecule is O=C(NCc1ccco1)c1sccc1S(=O)(=O)N1CCCCC1. The molecule has 3 heterocycles. The van der Waals surface area contributed by atoms with Gasteiger partial charge in [-0.25, -0.2) is 8.42 Å². The Morgan fingerprint density at radius 2 is 2.04 bits per heavy atom. The highest BCUT2D eigenvalue weighted by molar-refractivity contribution is 7.89. The summed E-state index contributed by atoms with van der Waals surface area (Å²) in [6, 6.07) is 5.00. The highest BCUT2D eigenvalue weighted by Crippen LogP contribution is 2.27. The highest BCUT2D eigenvalue weighted by Gasteiger charge is 2.30. The summed E-state index contributed by atoms with van der Waals surface area (Å²) in [6.07, 6.45) is 4.30. The number of hydrogen-bond donors (Lipinski definition) is 1. The lowest BCUT2D eigenvalue weighted by Gasteiger charge is -2.25. The minimum absolute atomic E-state index is 0.0985. The van der Waals surface area contributed by atoms with E-state index in [0.29, 0.717) is 18.8 Å². The molecule has 0 spiro atoms. The number of amides is 1. The van der Waals surface area contributed by atoms with E-state index in [-0.39, 0.29) is 16.3 Å². The summed E-state index contributed by atoms with van der Waals surface area (Å²) < 4.78 is 32.1. The number of carbonyl (C=O) groups excluding carboxylic acids is 1. The third kappa shape index (κ3) is 3.49. The fraction of sp³-hybridized carbons (Fsp3) is 0.400. The van der Waals surface area contributed by atoms with Gasteiger partial charge in [-0.1, -0.05) is 6.42 Å². The zero-order valence-corrected chi connectivity index (χ0v) is 14.2. The largest absolute Gasteiger partial charge is 0.467 e. The number of sulfonamides is 1. The van der Waals surface area contributed by atoms with Crippen molar-refractivity contribution in [2.75, 3.05) is 13.1 Å². The molecule has 0 atom stereocenters. The number of rotatable bonds is 5. The summed E-state index contributed by atoms with van der Waals surface area (Å²) in [7, 11) is -3.61. The summed E-state index contributed by atoms with van der Waals surface area (Å²) in [5, 5.41) is 4.34. The number of furan rings is 1. The number of nitrogens with one attached hydrogen (secondary N) is 1. The minimum atomic E-state index is -3.61. The molecule has 0 bridgehead atoms. The Bertz CT molecular complexity index is 759. The molecule has 1 fully saturated rings. The van der Waals surface area contributed by atoms with E-state index in [1.807, 2.05) is 0 Å². The van der Waals surface area contributed by atoms with E-state index in [1.165, 1.54) is 16.6 Å². The highest BCUT2D eigenvalue weighted by atomic mass is 32.2. The number of hydrogen-bond acceptors (Lipinski definition) is 5. The second-order valence-corrected chi connectivity index (χ2v) is 8.16. The first-order chi connectivity index (χ1) is 11.1. The van der Waals surface area contributed by atoms with Crippen molar-refractivity contribution >= 4 is 27.3 Å². The van der Waals surface area contributed by atoms with Crippen molar-refractivity contribution in [2.45, 2.75) is 30.7 Å². The Morgan fingerprint density at radius 1 is 1.26 bits per heavy atom. The molecule has 3 rings (SSSR count). The molecule has 1 amide bonds. The van der Waals surface area contributed by atoms with Crippen LogP contribution in [0.2, 0.25) is 0 Å². The van der Waals surface area contributed by atoms with Crippen LogP contribution in [-0.4, -0.2) is 31.7 Å². The lowest BCUT2D eigenvalue weighted by molar-refractivity contribution is 0.0949. The molecular weight excluding hydrogens is 336 g/mol. The smallest absolute Gasteiger partial charge is 0.263 e. The fourth-order valence-corrected chi connectivity index (χ4v) is 5.41. The van der Waals surface area contributed by atoms with Gasteiger partial charge in [-0.15, -0.1) is 11.3 Å². The molecule has 6 nitrogen and oxygen atoms in total. The van der Waals surface area contributed by atoms with Crippen molar-refractivity contribution in [2.24, 2.45) is 0 Å². The summed E-state index contributed by atoms with van der Waals surface area (Å²) in [4.78, 5) is 12.6. The molecule has 124 valence electrons. The third-order valence-corrected chi connectivity index (χ3v) is 6.75. The second kappa shape index (κ2) is 6.86. The van der Waals surface area contributed by atoms with E-state index in [9.17, 15) is 13.2 Å². The van der Waals surface area contributed by atoms with Crippen LogP contribution in [0.3, 0.4) is 0 Å². The van der Waals surface area contributed by atoms with Gasteiger partial charge in [0.15, 0.2) is 0 Å². The molecule has 1 N–H and O–H groups in total. The first kappa shape index (κ1) is 16.2. The molecule has 1 aliphatic rings. The fourth-order valence-electron chi connectivity index (χ4n) is 2.57. The molecule has 2 aromatic heterocycles. The van der Waals surface area contributed by atoms with Crippen LogP contribution >= 0.6 is 11.3 Å². The molecule has 2 aromatic rings. The van der Waals surface area contributed by atoms with Gasteiger partial charge in [0, 0.05) is 13.1 Å². The topological polar surface area (TPSA) is 79.6 Å². The van der Waals surface area contributed by atoms with Gasteiger partial charge in [-0.3, -0.25) is 4.79 Å². The van der Waals surface area contributed by atoms with E-state index in [0.717, 1.165) is 30.6 Å². The molecule has 0 unspecified atom stereocenters.